The molecule has 2 aromatic heterocycles. The number of imidazole rings is 1. The van der Waals surface area contributed by atoms with Gasteiger partial charge in [0.25, 0.3) is 0 Å². The fraction of sp³-hybridized carbons (Fsp3) is 0.154. The van der Waals surface area contributed by atoms with E-state index in [1.54, 1.807) is 11.7 Å². The van der Waals surface area contributed by atoms with Crippen LogP contribution in [-0.4, -0.2) is 33.7 Å². The Morgan fingerprint density at radius 1 is 1.05 bits per heavy atom. The highest BCUT2D eigenvalue weighted by Crippen LogP contribution is 2.26. The van der Waals surface area contributed by atoms with Crippen molar-refractivity contribution in [2.75, 3.05) is 20.0 Å². The van der Waals surface area contributed by atoms with Crippen molar-refractivity contribution < 1.29 is 9.47 Å². The van der Waals surface area contributed by atoms with Gasteiger partial charge >= 0.3 is 0 Å². The van der Waals surface area contributed by atoms with Gasteiger partial charge in [-0.15, -0.1) is 0 Å². The molecule has 20 heavy (non-hydrogen) atoms. The predicted octanol–water partition coefficient (Wildman–Crippen LogP) is 1.41. The highest BCUT2D eigenvalue weighted by molar-refractivity contribution is 5.81. The van der Waals surface area contributed by atoms with E-state index < -0.39 is 0 Å². The van der Waals surface area contributed by atoms with Crippen LogP contribution in [0.2, 0.25) is 0 Å². The van der Waals surface area contributed by atoms with Gasteiger partial charge in [-0.3, -0.25) is 4.57 Å². The van der Waals surface area contributed by atoms with Crippen molar-refractivity contribution in [1.29, 1.82) is 0 Å². The Kier molecular flexibility index (Phi) is 2.86. The second-order valence-corrected chi connectivity index (χ2v) is 4.06. The molecule has 0 saturated heterocycles. The number of hydrogen-bond acceptors (Lipinski definition) is 6. The van der Waals surface area contributed by atoms with Gasteiger partial charge in [-0.25, -0.2) is 9.97 Å². The summed E-state index contributed by atoms with van der Waals surface area (Å²) in [5.41, 5.74) is 7.94. The third kappa shape index (κ3) is 1.80. The number of nitrogens with two attached hydrogens (primary N) is 1. The Morgan fingerprint density at radius 2 is 1.80 bits per heavy atom. The van der Waals surface area contributed by atoms with Gasteiger partial charge in [0.1, 0.15) is 12.1 Å². The molecule has 0 fully saturated rings. The minimum Gasteiger partial charge on any atom is -0.497 e. The molecular weight excluding hydrogens is 258 g/mol. The Hall–Kier alpha value is -2.83. The smallest absolute Gasteiger partial charge is 0.245 e. The number of rotatable bonds is 3. The van der Waals surface area contributed by atoms with Crippen LogP contribution >= 0.6 is 0 Å². The van der Waals surface area contributed by atoms with E-state index in [1.165, 1.54) is 13.4 Å². The van der Waals surface area contributed by atoms with E-state index in [2.05, 4.69) is 15.0 Å². The van der Waals surface area contributed by atoms with Crippen LogP contribution in [0, 0.1) is 0 Å². The van der Waals surface area contributed by atoms with Crippen molar-refractivity contribution in [3.8, 4) is 17.3 Å². The van der Waals surface area contributed by atoms with Crippen LogP contribution in [0.15, 0.2) is 30.6 Å². The molecule has 0 aliphatic carbocycles. The molecular formula is C13H13N5O2. The third-order valence-corrected chi connectivity index (χ3v) is 2.96. The molecule has 7 heteroatoms. The normalized spacial score (nSPS) is 10.7. The van der Waals surface area contributed by atoms with Crippen LogP contribution in [0.25, 0.3) is 16.9 Å². The number of hydrogen-bond donors (Lipinski definition) is 1. The Bertz CT molecular complexity index is 751. The molecule has 0 bridgehead atoms. The summed E-state index contributed by atoms with van der Waals surface area (Å²) in [6, 6.07) is 7.45. The first-order chi connectivity index (χ1) is 9.74. The number of benzene rings is 1. The number of anilines is 1. The maximum absolute atomic E-state index is 5.98. The molecule has 102 valence electrons. The lowest BCUT2D eigenvalue weighted by atomic mass is 10.3. The number of nitrogen functional groups attached to an aromatic ring is 1. The summed E-state index contributed by atoms with van der Waals surface area (Å²) in [4.78, 5) is 12.5. The molecule has 0 amide bonds. The van der Waals surface area contributed by atoms with E-state index in [9.17, 15) is 0 Å². The number of aromatic nitrogens is 4. The first kappa shape index (κ1) is 12.2. The van der Waals surface area contributed by atoms with E-state index in [-0.39, 0.29) is 0 Å². The van der Waals surface area contributed by atoms with E-state index in [0.29, 0.717) is 23.0 Å². The molecule has 2 heterocycles. The fourth-order valence-corrected chi connectivity index (χ4v) is 2.02. The predicted molar refractivity (Wildman–Crippen MR) is 74.2 cm³/mol. The van der Waals surface area contributed by atoms with Crippen molar-refractivity contribution in [3.63, 3.8) is 0 Å². The molecule has 0 unspecified atom stereocenters. The maximum atomic E-state index is 5.98. The average molecular weight is 271 g/mol. The monoisotopic (exact) mass is 271 g/mol. The number of ether oxygens (including phenoxy) is 2. The lowest BCUT2D eigenvalue weighted by Gasteiger charge is -2.07. The van der Waals surface area contributed by atoms with E-state index in [0.717, 1.165) is 11.4 Å². The van der Waals surface area contributed by atoms with Gasteiger partial charge in [0.15, 0.2) is 11.2 Å². The molecule has 0 aliphatic rings. The van der Waals surface area contributed by atoms with E-state index in [4.69, 9.17) is 15.2 Å². The van der Waals surface area contributed by atoms with Crippen molar-refractivity contribution in [2.24, 2.45) is 0 Å². The minimum atomic E-state index is 0.323. The molecule has 1 aromatic carbocycles. The second kappa shape index (κ2) is 4.69. The average Bonchev–Trinajstić information content (AvgIpc) is 2.83. The van der Waals surface area contributed by atoms with Crippen LogP contribution in [0.3, 0.4) is 0 Å². The third-order valence-electron chi connectivity index (χ3n) is 2.96. The summed E-state index contributed by atoms with van der Waals surface area (Å²) in [6.07, 6.45) is 1.42. The molecule has 7 nitrogen and oxygen atoms in total. The number of methoxy groups -OCH3 is 2. The van der Waals surface area contributed by atoms with Crippen molar-refractivity contribution >= 4 is 17.1 Å². The number of nitrogens with zero attached hydrogens (tertiary/aromatic N) is 4. The zero-order valence-electron chi connectivity index (χ0n) is 11.1. The van der Waals surface area contributed by atoms with Gasteiger partial charge in [0.05, 0.1) is 19.9 Å². The topological polar surface area (TPSA) is 88.1 Å². The lowest BCUT2D eigenvalue weighted by Crippen LogP contribution is -2.01. The van der Waals surface area contributed by atoms with Gasteiger partial charge in [-0.05, 0) is 24.3 Å². The highest BCUT2D eigenvalue weighted by atomic mass is 16.5. The van der Waals surface area contributed by atoms with E-state index >= 15 is 0 Å². The Morgan fingerprint density at radius 3 is 2.45 bits per heavy atom. The molecule has 0 spiro atoms. The second-order valence-electron chi connectivity index (χ2n) is 4.06. The summed E-state index contributed by atoms with van der Waals surface area (Å²) in [6.45, 7) is 0. The zero-order chi connectivity index (χ0) is 14.1. The van der Waals surface area contributed by atoms with Crippen LogP contribution in [0.4, 0.5) is 5.95 Å². The van der Waals surface area contributed by atoms with Gasteiger partial charge in [0.2, 0.25) is 11.8 Å². The molecule has 0 atom stereocenters. The first-order valence-electron chi connectivity index (χ1n) is 5.92. The lowest BCUT2D eigenvalue weighted by molar-refractivity contribution is 0.401. The first-order valence-corrected chi connectivity index (χ1v) is 5.92. The fourth-order valence-electron chi connectivity index (χ4n) is 2.02. The van der Waals surface area contributed by atoms with Crippen molar-refractivity contribution in [1.82, 2.24) is 19.5 Å². The standard InChI is InChI=1S/C13H13N5O2/c1-19-9-5-3-8(4-6-9)18-11-10(17-13(18)14)12(20-2)16-7-15-11/h3-7H,1-2H3,(H2,14,17). The van der Waals surface area contributed by atoms with Crippen LogP contribution in [-0.2, 0) is 0 Å². The minimum absolute atomic E-state index is 0.323. The largest absolute Gasteiger partial charge is 0.497 e. The molecule has 3 aromatic rings. The molecule has 0 saturated carbocycles. The zero-order valence-corrected chi connectivity index (χ0v) is 11.1. The van der Waals surface area contributed by atoms with Gasteiger partial charge in [-0.1, -0.05) is 0 Å². The van der Waals surface area contributed by atoms with Crippen LogP contribution in [0.5, 0.6) is 11.6 Å². The summed E-state index contributed by atoms with van der Waals surface area (Å²) in [7, 11) is 3.15. The number of fused-ring (bicyclic) bond motifs is 1. The van der Waals surface area contributed by atoms with Crippen molar-refractivity contribution in [3.05, 3.63) is 30.6 Å². The summed E-state index contributed by atoms with van der Waals surface area (Å²) >= 11 is 0. The molecule has 3 rings (SSSR count). The summed E-state index contributed by atoms with van der Waals surface area (Å²) in [5.74, 6) is 1.49. The Labute approximate surface area is 115 Å². The molecule has 0 aliphatic heterocycles. The highest BCUT2D eigenvalue weighted by Gasteiger charge is 2.15. The maximum Gasteiger partial charge on any atom is 0.245 e. The summed E-state index contributed by atoms with van der Waals surface area (Å²) < 4.78 is 12.0. The van der Waals surface area contributed by atoms with E-state index in [1.807, 2.05) is 24.3 Å². The Balaban J connectivity index is 2.22. The van der Waals surface area contributed by atoms with Crippen LogP contribution in [0.1, 0.15) is 0 Å². The SMILES string of the molecule is COc1ccc(-n2c(N)nc3c(OC)ncnc32)cc1. The van der Waals surface area contributed by atoms with Gasteiger partial charge < -0.3 is 15.2 Å². The van der Waals surface area contributed by atoms with Gasteiger partial charge in [-0.2, -0.15) is 4.98 Å². The van der Waals surface area contributed by atoms with Crippen LogP contribution < -0.4 is 15.2 Å². The quantitative estimate of drug-likeness (QED) is 0.775. The van der Waals surface area contributed by atoms with Crippen molar-refractivity contribution in [2.45, 2.75) is 0 Å². The summed E-state index contributed by atoms with van der Waals surface area (Å²) in [5, 5.41) is 0. The molecule has 2 N–H and O–H groups in total. The van der Waals surface area contributed by atoms with Gasteiger partial charge in [0, 0.05) is 0 Å². The molecule has 0 radical (unpaired) electrons.